The standard InChI is InChI=1S/C24H21N3O2/c1-2-26-21-15-9-7-13-19(21)24(23(26)29)25-20-14-8-6-12-18(20)22(28)27(24)16-17-10-4-3-5-11-17/h3-15,25H,2,16H2,1H3. The molecule has 0 bridgehead atoms. The monoisotopic (exact) mass is 383 g/mol. The van der Waals surface area contributed by atoms with Gasteiger partial charge in [-0.3, -0.25) is 14.5 Å². The van der Waals surface area contributed by atoms with Gasteiger partial charge in [0.2, 0.25) is 5.66 Å². The van der Waals surface area contributed by atoms with E-state index in [4.69, 9.17) is 0 Å². The van der Waals surface area contributed by atoms with Crippen molar-refractivity contribution in [3.63, 3.8) is 0 Å². The molecule has 0 aliphatic carbocycles. The summed E-state index contributed by atoms with van der Waals surface area (Å²) in [5.41, 5.74) is 2.63. The highest BCUT2D eigenvalue weighted by Crippen LogP contribution is 2.48. The van der Waals surface area contributed by atoms with Gasteiger partial charge in [-0.05, 0) is 30.7 Å². The van der Waals surface area contributed by atoms with E-state index in [1.165, 1.54) is 0 Å². The number of para-hydroxylation sites is 2. The van der Waals surface area contributed by atoms with Crippen molar-refractivity contribution < 1.29 is 9.59 Å². The number of carbonyl (C=O) groups excluding carboxylic acids is 2. The van der Waals surface area contributed by atoms with Crippen LogP contribution in [0.3, 0.4) is 0 Å². The normalized spacial score (nSPS) is 19.9. The van der Waals surface area contributed by atoms with Gasteiger partial charge in [0, 0.05) is 24.3 Å². The van der Waals surface area contributed by atoms with Crippen LogP contribution in [0.2, 0.25) is 0 Å². The molecule has 5 nitrogen and oxygen atoms in total. The molecule has 0 saturated carbocycles. The van der Waals surface area contributed by atoms with Crippen molar-refractivity contribution in [3.8, 4) is 0 Å². The average molecular weight is 383 g/mol. The van der Waals surface area contributed by atoms with Crippen LogP contribution in [0.15, 0.2) is 78.9 Å². The molecule has 2 amide bonds. The number of hydrogen-bond donors (Lipinski definition) is 1. The van der Waals surface area contributed by atoms with Gasteiger partial charge < -0.3 is 10.2 Å². The molecule has 0 radical (unpaired) electrons. The minimum atomic E-state index is -1.26. The van der Waals surface area contributed by atoms with E-state index in [1.807, 2.05) is 79.7 Å². The maximum Gasteiger partial charge on any atom is 0.278 e. The number of anilines is 2. The predicted molar refractivity (Wildman–Crippen MR) is 113 cm³/mol. The van der Waals surface area contributed by atoms with Gasteiger partial charge in [-0.15, -0.1) is 0 Å². The van der Waals surface area contributed by atoms with Crippen molar-refractivity contribution in [2.45, 2.75) is 19.1 Å². The van der Waals surface area contributed by atoms with E-state index in [1.54, 1.807) is 15.9 Å². The third-order valence-electron chi connectivity index (χ3n) is 5.76. The zero-order valence-corrected chi connectivity index (χ0v) is 16.1. The molecule has 144 valence electrons. The third-order valence-corrected chi connectivity index (χ3v) is 5.76. The Balaban J connectivity index is 1.75. The molecule has 0 saturated heterocycles. The van der Waals surface area contributed by atoms with Crippen molar-refractivity contribution in [1.82, 2.24) is 4.90 Å². The topological polar surface area (TPSA) is 52.7 Å². The summed E-state index contributed by atoms with van der Waals surface area (Å²) >= 11 is 0. The SMILES string of the molecule is CCN1C(=O)C2(Nc3ccccc3C(=O)N2Cc2ccccc2)c2ccccc21. The van der Waals surface area contributed by atoms with Crippen molar-refractivity contribution >= 4 is 23.2 Å². The third kappa shape index (κ3) is 2.40. The average Bonchev–Trinajstić information content (AvgIpc) is 3.00. The van der Waals surface area contributed by atoms with Gasteiger partial charge in [-0.1, -0.05) is 60.7 Å². The Hall–Kier alpha value is -3.60. The van der Waals surface area contributed by atoms with Crippen LogP contribution in [-0.4, -0.2) is 23.3 Å². The Bertz CT molecular complexity index is 1110. The highest BCUT2D eigenvalue weighted by molar-refractivity contribution is 6.15. The molecule has 0 aromatic heterocycles. The van der Waals surface area contributed by atoms with E-state index in [9.17, 15) is 9.59 Å². The van der Waals surface area contributed by atoms with Crippen LogP contribution >= 0.6 is 0 Å². The number of nitrogens with one attached hydrogen (secondary N) is 1. The molecule has 2 heterocycles. The first-order valence-corrected chi connectivity index (χ1v) is 9.81. The summed E-state index contributed by atoms with van der Waals surface area (Å²) in [6.07, 6.45) is 0. The minimum absolute atomic E-state index is 0.125. The lowest BCUT2D eigenvalue weighted by molar-refractivity contribution is -0.127. The molecule has 1 N–H and O–H groups in total. The maximum atomic E-state index is 13.8. The molecule has 3 aromatic rings. The van der Waals surface area contributed by atoms with Gasteiger partial charge in [0.05, 0.1) is 11.3 Å². The Kier molecular flexibility index (Phi) is 3.91. The van der Waals surface area contributed by atoms with E-state index in [-0.39, 0.29) is 11.8 Å². The van der Waals surface area contributed by atoms with Crippen LogP contribution in [0.4, 0.5) is 11.4 Å². The number of hydrogen-bond acceptors (Lipinski definition) is 3. The van der Waals surface area contributed by atoms with Crippen LogP contribution in [0.25, 0.3) is 0 Å². The second-order valence-corrected chi connectivity index (χ2v) is 7.32. The van der Waals surface area contributed by atoms with Crippen molar-refractivity contribution in [1.29, 1.82) is 0 Å². The van der Waals surface area contributed by atoms with E-state index in [0.717, 1.165) is 16.8 Å². The number of nitrogens with zero attached hydrogens (tertiary/aromatic N) is 2. The first-order valence-electron chi connectivity index (χ1n) is 9.81. The summed E-state index contributed by atoms with van der Waals surface area (Å²) in [5.74, 6) is -0.274. The molecule has 2 aliphatic heterocycles. The fourth-order valence-electron chi connectivity index (χ4n) is 4.43. The Morgan fingerprint density at radius 2 is 1.55 bits per heavy atom. The van der Waals surface area contributed by atoms with E-state index in [2.05, 4.69) is 5.32 Å². The van der Waals surface area contributed by atoms with Gasteiger partial charge in [0.25, 0.3) is 11.8 Å². The summed E-state index contributed by atoms with van der Waals surface area (Å²) in [6.45, 7) is 2.82. The number of fused-ring (bicyclic) bond motifs is 3. The molecule has 0 fully saturated rings. The molecule has 3 aromatic carbocycles. The van der Waals surface area contributed by atoms with Crippen molar-refractivity contribution in [3.05, 3.63) is 95.6 Å². The number of carbonyl (C=O) groups is 2. The Morgan fingerprint density at radius 3 is 2.34 bits per heavy atom. The maximum absolute atomic E-state index is 13.8. The fourth-order valence-corrected chi connectivity index (χ4v) is 4.43. The van der Waals surface area contributed by atoms with Crippen LogP contribution in [0, 0.1) is 0 Å². The molecule has 1 atom stereocenters. The summed E-state index contributed by atoms with van der Waals surface area (Å²) in [5, 5.41) is 3.46. The van der Waals surface area contributed by atoms with E-state index in [0.29, 0.717) is 24.3 Å². The molecule has 1 unspecified atom stereocenters. The second-order valence-electron chi connectivity index (χ2n) is 7.32. The highest BCUT2D eigenvalue weighted by atomic mass is 16.2. The Labute approximate surface area is 169 Å². The van der Waals surface area contributed by atoms with E-state index < -0.39 is 5.66 Å². The highest BCUT2D eigenvalue weighted by Gasteiger charge is 2.58. The van der Waals surface area contributed by atoms with Crippen LogP contribution in [-0.2, 0) is 17.0 Å². The van der Waals surface area contributed by atoms with Crippen molar-refractivity contribution in [2.24, 2.45) is 0 Å². The molecule has 5 rings (SSSR count). The molecular formula is C24H21N3O2. The first kappa shape index (κ1) is 17.5. The molecule has 5 heteroatoms. The van der Waals surface area contributed by atoms with Crippen LogP contribution in [0.5, 0.6) is 0 Å². The lowest BCUT2D eigenvalue weighted by Gasteiger charge is -2.45. The van der Waals surface area contributed by atoms with Gasteiger partial charge >= 0.3 is 0 Å². The van der Waals surface area contributed by atoms with Crippen molar-refractivity contribution in [2.75, 3.05) is 16.8 Å². The number of rotatable bonds is 3. The summed E-state index contributed by atoms with van der Waals surface area (Å²) < 4.78 is 0. The predicted octanol–water partition coefficient (Wildman–Crippen LogP) is 3.97. The quantitative estimate of drug-likeness (QED) is 0.745. The van der Waals surface area contributed by atoms with Gasteiger partial charge in [-0.25, -0.2) is 0 Å². The first-order chi connectivity index (χ1) is 14.2. The second kappa shape index (κ2) is 6.48. The molecule has 2 aliphatic rings. The fraction of sp³-hybridized carbons (Fsp3) is 0.167. The van der Waals surface area contributed by atoms with Gasteiger partial charge in [0.1, 0.15) is 0 Å². The minimum Gasteiger partial charge on any atom is -0.350 e. The largest absolute Gasteiger partial charge is 0.350 e. The Morgan fingerprint density at radius 1 is 0.862 bits per heavy atom. The van der Waals surface area contributed by atoms with Crippen LogP contribution < -0.4 is 10.2 Å². The lowest BCUT2D eigenvalue weighted by Crippen LogP contribution is -2.62. The zero-order valence-electron chi connectivity index (χ0n) is 16.1. The summed E-state index contributed by atoms with van der Waals surface area (Å²) in [6, 6.07) is 24.9. The van der Waals surface area contributed by atoms with Crippen LogP contribution in [0.1, 0.15) is 28.4 Å². The van der Waals surface area contributed by atoms with Gasteiger partial charge in [-0.2, -0.15) is 0 Å². The lowest BCUT2D eigenvalue weighted by atomic mass is 9.92. The molecule has 29 heavy (non-hydrogen) atoms. The summed E-state index contributed by atoms with van der Waals surface area (Å²) in [7, 11) is 0. The smallest absolute Gasteiger partial charge is 0.278 e. The number of likely N-dealkylation sites (N-methyl/N-ethyl adjacent to an activating group) is 1. The number of benzene rings is 3. The molecular weight excluding hydrogens is 362 g/mol. The van der Waals surface area contributed by atoms with Gasteiger partial charge in [0.15, 0.2) is 0 Å². The zero-order chi connectivity index (χ0) is 20.0. The molecule has 1 spiro atoms. The number of amides is 2. The van der Waals surface area contributed by atoms with E-state index >= 15 is 0 Å². The summed E-state index contributed by atoms with van der Waals surface area (Å²) in [4.78, 5) is 30.9.